The minimum Gasteiger partial charge on any atom is -0.442 e. The lowest BCUT2D eigenvalue weighted by Gasteiger charge is -2.29. The summed E-state index contributed by atoms with van der Waals surface area (Å²) in [7, 11) is 0. The van der Waals surface area contributed by atoms with Gasteiger partial charge in [0.25, 0.3) is 0 Å². The Morgan fingerprint density at radius 2 is 2.12 bits per heavy atom. The highest BCUT2D eigenvalue weighted by atomic mass is 16.6. The van der Waals surface area contributed by atoms with E-state index in [1.165, 1.54) is 10.0 Å². The zero-order valence-corrected chi connectivity index (χ0v) is 9.89. The molecule has 0 aromatic carbocycles. The fourth-order valence-electron chi connectivity index (χ4n) is 1.43. The smallest absolute Gasteiger partial charge is 0.429 e. The van der Waals surface area contributed by atoms with Crippen molar-refractivity contribution < 1.29 is 19.4 Å². The number of β-amino-alcohol motifs (C(OH)–C–C–N with tert-alkyl or cyclic N) is 1. The lowest BCUT2D eigenvalue weighted by atomic mass is 10.2. The third-order valence-electron chi connectivity index (χ3n) is 2.03. The van der Waals surface area contributed by atoms with E-state index in [0.29, 0.717) is 6.54 Å². The molecule has 1 fully saturated rings. The Labute approximate surface area is 94.7 Å². The van der Waals surface area contributed by atoms with E-state index in [2.05, 4.69) is 0 Å². The van der Waals surface area contributed by atoms with E-state index in [1.54, 1.807) is 20.8 Å². The first-order valence-electron chi connectivity index (χ1n) is 5.27. The van der Waals surface area contributed by atoms with Gasteiger partial charge in [0.05, 0.1) is 19.7 Å². The van der Waals surface area contributed by atoms with Crippen molar-refractivity contribution >= 4 is 12.0 Å². The molecule has 0 saturated carbocycles. The molecule has 0 spiro atoms. The molecule has 1 aliphatic heterocycles. The van der Waals surface area contributed by atoms with Crippen molar-refractivity contribution in [1.29, 1.82) is 0 Å². The van der Waals surface area contributed by atoms with Crippen LogP contribution in [0.4, 0.5) is 4.79 Å². The first kappa shape index (κ1) is 12.8. The van der Waals surface area contributed by atoms with Crippen LogP contribution < -0.4 is 0 Å². The highest BCUT2D eigenvalue weighted by Crippen LogP contribution is 2.16. The van der Waals surface area contributed by atoms with Crippen LogP contribution in [0.3, 0.4) is 0 Å². The SMILES string of the molecule is CC(C)(C)OC(=O)N1CCC(=O)N1CCO. The van der Waals surface area contributed by atoms with Crippen molar-refractivity contribution in [2.24, 2.45) is 0 Å². The van der Waals surface area contributed by atoms with Gasteiger partial charge in [-0.25, -0.2) is 14.8 Å². The van der Waals surface area contributed by atoms with E-state index in [9.17, 15) is 9.59 Å². The summed E-state index contributed by atoms with van der Waals surface area (Å²) in [5.74, 6) is -0.167. The molecule has 0 aromatic heterocycles. The zero-order chi connectivity index (χ0) is 12.3. The second-order valence-electron chi connectivity index (χ2n) is 4.59. The summed E-state index contributed by atoms with van der Waals surface area (Å²) in [5, 5.41) is 11.3. The Balaban J connectivity index is 2.65. The van der Waals surface area contributed by atoms with Gasteiger partial charge in [-0.05, 0) is 20.8 Å². The number of hydrogen-bond donors (Lipinski definition) is 1. The number of hydrogen-bond acceptors (Lipinski definition) is 4. The topological polar surface area (TPSA) is 70.1 Å². The zero-order valence-electron chi connectivity index (χ0n) is 9.89. The predicted molar refractivity (Wildman–Crippen MR) is 56.4 cm³/mol. The molecular weight excluding hydrogens is 212 g/mol. The summed E-state index contributed by atoms with van der Waals surface area (Å²) < 4.78 is 5.16. The van der Waals surface area contributed by atoms with Gasteiger partial charge in [-0.2, -0.15) is 0 Å². The summed E-state index contributed by atoms with van der Waals surface area (Å²) in [6.07, 6.45) is -0.272. The lowest BCUT2D eigenvalue weighted by Crippen LogP contribution is -2.46. The van der Waals surface area contributed by atoms with Crippen LogP contribution in [0.1, 0.15) is 27.2 Å². The molecule has 92 valence electrons. The fourth-order valence-corrected chi connectivity index (χ4v) is 1.43. The molecule has 0 radical (unpaired) electrons. The molecule has 1 N–H and O–H groups in total. The van der Waals surface area contributed by atoms with Gasteiger partial charge >= 0.3 is 6.09 Å². The number of rotatable bonds is 2. The Bertz CT molecular complexity index is 285. The molecule has 6 nitrogen and oxygen atoms in total. The van der Waals surface area contributed by atoms with E-state index < -0.39 is 11.7 Å². The standard InChI is InChI=1S/C10H18N2O4/c1-10(2,3)16-9(15)12-5-4-8(14)11(12)6-7-13/h13H,4-7H2,1-3H3. The quantitative estimate of drug-likeness (QED) is 0.743. The van der Waals surface area contributed by atoms with Gasteiger partial charge in [-0.3, -0.25) is 4.79 Å². The number of carbonyl (C=O) groups is 2. The third-order valence-corrected chi connectivity index (χ3v) is 2.03. The van der Waals surface area contributed by atoms with E-state index in [-0.39, 0.29) is 25.5 Å². The summed E-state index contributed by atoms with van der Waals surface area (Å²) in [6.45, 7) is 5.55. The maximum atomic E-state index is 11.7. The maximum absolute atomic E-state index is 11.7. The average molecular weight is 230 g/mol. The highest BCUT2D eigenvalue weighted by Gasteiger charge is 2.34. The number of ether oxygens (including phenoxy) is 1. The summed E-state index contributed by atoms with van der Waals surface area (Å²) in [4.78, 5) is 23.1. The van der Waals surface area contributed by atoms with Crippen LogP contribution in [-0.4, -0.2) is 52.4 Å². The maximum Gasteiger partial charge on any atom is 0.429 e. The Morgan fingerprint density at radius 3 is 2.62 bits per heavy atom. The number of aliphatic hydroxyl groups excluding tert-OH is 1. The van der Waals surface area contributed by atoms with Crippen molar-refractivity contribution in [3.05, 3.63) is 0 Å². The van der Waals surface area contributed by atoms with Crippen LogP contribution in [0.5, 0.6) is 0 Å². The Morgan fingerprint density at radius 1 is 1.50 bits per heavy atom. The first-order valence-corrected chi connectivity index (χ1v) is 5.27. The molecule has 0 bridgehead atoms. The number of amides is 2. The Hall–Kier alpha value is -1.30. The second-order valence-corrected chi connectivity index (χ2v) is 4.59. The van der Waals surface area contributed by atoms with Crippen molar-refractivity contribution in [3.8, 4) is 0 Å². The second kappa shape index (κ2) is 4.69. The molecule has 0 aromatic rings. The van der Waals surface area contributed by atoms with E-state index in [4.69, 9.17) is 9.84 Å². The molecule has 0 unspecified atom stereocenters. The number of hydrazine groups is 1. The van der Waals surface area contributed by atoms with Crippen molar-refractivity contribution in [3.63, 3.8) is 0 Å². The van der Waals surface area contributed by atoms with Gasteiger partial charge in [-0.15, -0.1) is 0 Å². The minimum atomic E-state index is -0.590. The van der Waals surface area contributed by atoms with E-state index in [0.717, 1.165) is 0 Å². The van der Waals surface area contributed by atoms with Gasteiger partial charge in [0.15, 0.2) is 0 Å². The highest BCUT2D eigenvalue weighted by molar-refractivity contribution is 5.82. The van der Waals surface area contributed by atoms with E-state index in [1.807, 2.05) is 0 Å². The summed E-state index contributed by atoms with van der Waals surface area (Å²) in [5.41, 5.74) is -0.590. The molecule has 0 atom stereocenters. The van der Waals surface area contributed by atoms with Crippen LogP contribution >= 0.6 is 0 Å². The molecule has 6 heteroatoms. The van der Waals surface area contributed by atoms with Crippen LogP contribution in [0.25, 0.3) is 0 Å². The van der Waals surface area contributed by atoms with Crippen LogP contribution in [-0.2, 0) is 9.53 Å². The van der Waals surface area contributed by atoms with Crippen LogP contribution in [0, 0.1) is 0 Å². The molecule has 0 aliphatic carbocycles. The fraction of sp³-hybridized carbons (Fsp3) is 0.800. The molecule has 2 amide bonds. The van der Waals surface area contributed by atoms with Crippen LogP contribution in [0.15, 0.2) is 0 Å². The molecule has 16 heavy (non-hydrogen) atoms. The Kier molecular flexibility index (Phi) is 3.74. The molecule has 1 rings (SSSR count). The van der Waals surface area contributed by atoms with Crippen molar-refractivity contribution in [2.45, 2.75) is 32.8 Å². The summed E-state index contributed by atoms with van der Waals surface area (Å²) in [6, 6.07) is 0. The van der Waals surface area contributed by atoms with Gasteiger partial charge in [0.1, 0.15) is 5.60 Å². The number of carbonyl (C=O) groups excluding carboxylic acids is 2. The number of aliphatic hydroxyl groups is 1. The number of nitrogens with zero attached hydrogens (tertiary/aromatic N) is 2. The van der Waals surface area contributed by atoms with Gasteiger partial charge in [-0.1, -0.05) is 0 Å². The molecular formula is C10H18N2O4. The van der Waals surface area contributed by atoms with Crippen LogP contribution in [0.2, 0.25) is 0 Å². The molecule has 1 heterocycles. The minimum absolute atomic E-state index is 0.123. The monoisotopic (exact) mass is 230 g/mol. The third kappa shape index (κ3) is 3.10. The van der Waals surface area contributed by atoms with Gasteiger partial charge in [0.2, 0.25) is 5.91 Å². The van der Waals surface area contributed by atoms with Gasteiger partial charge in [0, 0.05) is 6.42 Å². The van der Waals surface area contributed by atoms with Gasteiger partial charge < -0.3 is 9.84 Å². The largest absolute Gasteiger partial charge is 0.442 e. The first-order chi connectivity index (χ1) is 7.35. The lowest BCUT2D eigenvalue weighted by molar-refractivity contribution is -0.138. The normalized spacial score (nSPS) is 16.9. The molecule has 1 aliphatic rings. The predicted octanol–water partition coefficient (Wildman–Crippen LogP) is 0.363. The summed E-state index contributed by atoms with van der Waals surface area (Å²) >= 11 is 0. The van der Waals surface area contributed by atoms with Crippen molar-refractivity contribution in [1.82, 2.24) is 10.0 Å². The average Bonchev–Trinajstić information content (AvgIpc) is 2.46. The van der Waals surface area contributed by atoms with E-state index >= 15 is 0 Å². The van der Waals surface area contributed by atoms with Crippen molar-refractivity contribution in [2.75, 3.05) is 19.7 Å². The molecule has 1 saturated heterocycles.